The van der Waals surface area contributed by atoms with Crippen molar-refractivity contribution in [3.63, 3.8) is 0 Å². The van der Waals surface area contributed by atoms with Crippen LogP contribution in [-0.4, -0.2) is 72.7 Å². The Labute approximate surface area is 279 Å². The van der Waals surface area contributed by atoms with E-state index in [4.69, 9.17) is 0 Å². The zero-order valence-electron chi connectivity index (χ0n) is 25.9. The van der Waals surface area contributed by atoms with E-state index in [9.17, 15) is 32.2 Å². The van der Waals surface area contributed by atoms with Gasteiger partial charge in [-0.05, 0) is 46.3 Å². The Morgan fingerprint density at radius 3 is 2.12 bits per heavy atom. The molecule has 0 saturated carbocycles. The van der Waals surface area contributed by atoms with Gasteiger partial charge in [-0.3, -0.25) is 9.97 Å². The van der Waals surface area contributed by atoms with E-state index in [1.54, 1.807) is 12.1 Å². The number of piperazine rings is 1. The number of halogens is 7. The Kier molecular flexibility index (Phi) is 8.21. The molecule has 0 amide bonds. The van der Waals surface area contributed by atoms with Crippen LogP contribution in [-0.2, 0) is 18.1 Å². The largest absolute Gasteiger partial charge is 0.391 e. The summed E-state index contributed by atoms with van der Waals surface area (Å²) >= 11 is 0. The van der Waals surface area contributed by atoms with Crippen LogP contribution in [0, 0.1) is 11.6 Å². The van der Waals surface area contributed by atoms with Gasteiger partial charge in [0.2, 0.25) is 0 Å². The smallest absolute Gasteiger partial charge is 0.386 e. The van der Waals surface area contributed by atoms with E-state index in [0.29, 0.717) is 43.0 Å². The predicted octanol–water partition coefficient (Wildman–Crippen LogP) is 5.38. The minimum absolute atomic E-state index is 0.0508. The summed E-state index contributed by atoms with van der Waals surface area (Å²) in [6, 6.07) is 14.1. The van der Waals surface area contributed by atoms with Gasteiger partial charge in [0.15, 0.2) is 11.4 Å². The molecule has 0 radical (unpaired) electrons. The number of pyridine rings is 2. The number of aliphatic hydroxyl groups is 2. The molecule has 2 aliphatic heterocycles. The van der Waals surface area contributed by atoms with Crippen molar-refractivity contribution in [2.24, 2.45) is 0 Å². The van der Waals surface area contributed by atoms with Gasteiger partial charge in [-0.25, -0.2) is 13.5 Å². The topological polar surface area (TPSA) is 116 Å². The molecule has 5 aromatic rings. The molecule has 0 aliphatic carbocycles. The summed E-state index contributed by atoms with van der Waals surface area (Å²) in [5.41, 5.74) is -1.97. The molecule has 0 spiro atoms. The Hall–Kier alpha value is -5.16. The summed E-state index contributed by atoms with van der Waals surface area (Å²) in [6.07, 6.45) is -5.84. The van der Waals surface area contributed by atoms with Crippen LogP contribution < -0.4 is 9.80 Å². The van der Waals surface area contributed by atoms with E-state index in [-0.39, 0.29) is 17.0 Å². The van der Waals surface area contributed by atoms with E-state index < -0.39 is 59.8 Å². The highest BCUT2D eigenvalue weighted by Gasteiger charge is 2.59. The van der Waals surface area contributed by atoms with Gasteiger partial charge in [-0.15, -0.1) is 5.10 Å². The van der Waals surface area contributed by atoms with Crippen molar-refractivity contribution in [2.75, 3.05) is 36.0 Å². The van der Waals surface area contributed by atoms with Crippen molar-refractivity contribution >= 4 is 11.4 Å². The van der Waals surface area contributed by atoms with Gasteiger partial charge in [0.05, 0.1) is 24.8 Å². The number of hydrogen-bond acceptors (Lipinski definition) is 9. The summed E-state index contributed by atoms with van der Waals surface area (Å²) in [7, 11) is 0. The van der Waals surface area contributed by atoms with Crippen LogP contribution in [0.5, 0.6) is 0 Å². The van der Waals surface area contributed by atoms with E-state index >= 15 is 8.78 Å². The minimum Gasteiger partial charge on any atom is -0.386 e. The maximum absolute atomic E-state index is 16.1. The molecule has 1 fully saturated rings. The van der Waals surface area contributed by atoms with Gasteiger partial charge in [0, 0.05) is 60.8 Å². The lowest BCUT2D eigenvalue weighted by Crippen LogP contribution is -2.49. The summed E-state index contributed by atoms with van der Waals surface area (Å²) in [5.74, 6) is -5.59. The first-order chi connectivity index (χ1) is 23.7. The zero-order valence-corrected chi connectivity index (χ0v) is 25.9. The third kappa shape index (κ3) is 6.00. The second-order valence-corrected chi connectivity index (χ2v) is 12.1. The predicted molar refractivity (Wildman–Crippen MR) is 165 cm³/mol. The number of aromatic nitrogens is 6. The Morgan fingerprint density at radius 1 is 0.800 bits per heavy atom. The molecule has 2 aliphatic rings. The molecule has 17 heteroatoms. The van der Waals surface area contributed by atoms with Gasteiger partial charge in [-0.1, -0.05) is 24.3 Å². The molecule has 2 atom stereocenters. The number of alkyl halides is 5. The normalized spacial score (nSPS) is 18.5. The average Bonchev–Trinajstić information content (AvgIpc) is 3.56. The SMILES string of the molecule is OC(CC(F)(F)F)c1ncc(N2CCN(c3ccc(-c4ccc(C(F)(F)[C@]5(O)Cn6nnnc6-c6cc(F)ccc65)nc4)cc3)CC2)cc1F. The molecule has 5 heterocycles. The van der Waals surface area contributed by atoms with E-state index in [1.807, 2.05) is 17.0 Å². The number of benzene rings is 2. The van der Waals surface area contributed by atoms with Gasteiger partial charge in [-0.2, -0.15) is 22.0 Å². The molecule has 1 saturated heterocycles. The lowest BCUT2D eigenvalue weighted by Gasteiger charge is -2.39. The van der Waals surface area contributed by atoms with Gasteiger partial charge in [0.25, 0.3) is 0 Å². The molecule has 50 heavy (non-hydrogen) atoms. The fourth-order valence-electron chi connectivity index (χ4n) is 6.36. The number of nitrogens with zero attached hydrogens (tertiary/aromatic N) is 8. The van der Waals surface area contributed by atoms with Gasteiger partial charge in [0.1, 0.15) is 29.1 Å². The molecule has 0 bridgehead atoms. The molecule has 3 aromatic heterocycles. The number of fused-ring (bicyclic) bond motifs is 3. The van der Waals surface area contributed by atoms with Crippen LogP contribution in [0.25, 0.3) is 22.5 Å². The third-order valence-electron chi connectivity index (χ3n) is 8.99. The molecule has 2 N–H and O–H groups in total. The maximum Gasteiger partial charge on any atom is 0.391 e. The molecular weight excluding hydrogens is 673 g/mol. The lowest BCUT2D eigenvalue weighted by molar-refractivity contribution is -0.207. The standard InChI is InChI=1S/C33H27F7N8O2/c34-21-4-7-25-24(13-21)30-43-44-45-48(30)18-31(25,50)33(39,40)28-8-3-20(16-41-28)19-1-5-22(6-2-19)46-9-11-47(12-10-46)23-14-26(35)29(42-17-23)27(49)15-32(36,37)38/h1-8,13-14,16-17,27,49-50H,9-12,15,18H2/t27?,31-/m0/s1. The molecule has 7 rings (SSSR count). The summed E-state index contributed by atoms with van der Waals surface area (Å²) in [5, 5.41) is 32.2. The fraction of sp³-hybridized carbons (Fsp3) is 0.303. The average molecular weight is 701 g/mol. The van der Waals surface area contributed by atoms with Crippen molar-refractivity contribution < 1.29 is 40.9 Å². The van der Waals surface area contributed by atoms with Crippen LogP contribution in [0.2, 0.25) is 0 Å². The summed E-state index contributed by atoms with van der Waals surface area (Å²) in [4.78, 5) is 11.7. The quantitative estimate of drug-likeness (QED) is 0.216. The van der Waals surface area contributed by atoms with E-state index in [0.717, 1.165) is 40.7 Å². The van der Waals surface area contributed by atoms with Crippen molar-refractivity contribution in [1.29, 1.82) is 0 Å². The second kappa shape index (κ2) is 12.3. The number of hydrogen-bond donors (Lipinski definition) is 2. The highest BCUT2D eigenvalue weighted by atomic mass is 19.4. The molecular formula is C33H27F7N8O2. The van der Waals surface area contributed by atoms with Gasteiger partial charge >= 0.3 is 12.1 Å². The summed E-state index contributed by atoms with van der Waals surface area (Å²) in [6.45, 7) is 1.32. The van der Waals surface area contributed by atoms with Crippen LogP contribution in [0.4, 0.5) is 42.1 Å². The van der Waals surface area contributed by atoms with Crippen LogP contribution in [0.1, 0.15) is 29.5 Å². The van der Waals surface area contributed by atoms with Crippen LogP contribution in [0.15, 0.2) is 73.1 Å². The summed E-state index contributed by atoms with van der Waals surface area (Å²) < 4.78 is 99.6. The van der Waals surface area contributed by atoms with Crippen molar-refractivity contribution in [3.8, 4) is 22.5 Å². The first kappa shape index (κ1) is 33.3. The maximum atomic E-state index is 16.1. The molecule has 1 unspecified atom stereocenters. The molecule has 10 nitrogen and oxygen atoms in total. The third-order valence-corrected chi connectivity index (χ3v) is 8.99. The highest BCUT2D eigenvalue weighted by Crippen LogP contribution is 2.50. The molecule has 260 valence electrons. The highest BCUT2D eigenvalue weighted by molar-refractivity contribution is 5.67. The lowest BCUT2D eigenvalue weighted by atomic mass is 9.80. The molecule has 2 aromatic carbocycles. The van der Waals surface area contributed by atoms with E-state index in [2.05, 4.69) is 30.4 Å². The second-order valence-electron chi connectivity index (χ2n) is 12.1. The van der Waals surface area contributed by atoms with Crippen LogP contribution in [0.3, 0.4) is 0 Å². The fourth-order valence-corrected chi connectivity index (χ4v) is 6.36. The number of aliphatic hydroxyl groups excluding tert-OH is 1. The Morgan fingerprint density at radius 2 is 1.48 bits per heavy atom. The number of rotatable bonds is 7. The zero-order chi connectivity index (χ0) is 35.4. The van der Waals surface area contributed by atoms with Crippen molar-refractivity contribution in [1.82, 2.24) is 30.2 Å². The minimum atomic E-state index is -4.67. The number of anilines is 2. The Balaban J connectivity index is 1.02. The van der Waals surface area contributed by atoms with Crippen molar-refractivity contribution in [2.45, 2.75) is 36.8 Å². The van der Waals surface area contributed by atoms with Crippen molar-refractivity contribution in [3.05, 3.63) is 102 Å². The van der Waals surface area contributed by atoms with Gasteiger partial charge < -0.3 is 20.0 Å². The monoisotopic (exact) mass is 700 g/mol. The number of tetrazole rings is 1. The first-order valence-electron chi connectivity index (χ1n) is 15.4. The first-order valence-corrected chi connectivity index (χ1v) is 15.4. The Bertz CT molecular complexity index is 2020. The van der Waals surface area contributed by atoms with Crippen LogP contribution >= 0.6 is 0 Å². The van der Waals surface area contributed by atoms with E-state index in [1.165, 1.54) is 18.5 Å².